The van der Waals surface area contributed by atoms with Crippen molar-refractivity contribution in [1.29, 1.82) is 0 Å². The van der Waals surface area contributed by atoms with Gasteiger partial charge < -0.3 is 0 Å². The van der Waals surface area contributed by atoms with Gasteiger partial charge in [-0.2, -0.15) is 0 Å². The van der Waals surface area contributed by atoms with E-state index < -0.39 is 23.5 Å². The van der Waals surface area contributed by atoms with E-state index in [1.54, 1.807) is 0 Å². The Morgan fingerprint density at radius 2 is 1.20 bits per heavy atom. The first-order chi connectivity index (χ1) is 13.8. The Hall–Kier alpha value is -0.720. The van der Waals surface area contributed by atoms with Gasteiger partial charge in [-0.3, -0.25) is 0 Å². The Labute approximate surface area is 193 Å². The summed E-state index contributed by atoms with van der Waals surface area (Å²) < 4.78 is 2.57. The molecule has 0 fully saturated rings. The zero-order chi connectivity index (χ0) is 23.2. The fraction of sp³-hybridized carbons (Fsp3) is 0.708. The number of nitrogens with zero attached hydrogens (tertiary/aromatic N) is 4. The number of rotatable bonds is 11. The Kier molecular flexibility index (Phi) is 10.7. The Morgan fingerprint density at radius 1 is 0.833 bits per heavy atom. The van der Waals surface area contributed by atoms with Gasteiger partial charge in [0.2, 0.25) is 0 Å². The van der Waals surface area contributed by atoms with Gasteiger partial charge in [0.25, 0.3) is 0 Å². The number of benzene rings is 1. The second-order valence-corrected chi connectivity index (χ2v) is 19.1. The average molecular weight is 489 g/mol. The Morgan fingerprint density at radius 3 is 1.47 bits per heavy atom. The van der Waals surface area contributed by atoms with Crippen molar-refractivity contribution in [3.05, 3.63) is 34.9 Å². The normalized spacial score (nSPS) is 12.7. The summed E-state index contributed by atoms with van der Waals surface area (Å²) in [5.41, 5.74) is 12.7. The molecule has 168 valence electrons. The maximum atomic E-state index is 9.85. The SMILES string of the molecule is CC(C)N(Cc1cccc(CN(C(C)C)C(C)C)[c]1[Ge][C](=[N+]=[N-])[Si](C)(C)C)C(C)C. The molecule has 0 bridgehead atoms. The number of hydrogen-bond donors (Lipinski definition) is 0. The van der Waals surface area contributed by atoms with E-state index in [9.17, 15) is 5.53 Å². The molecule has 0 N–H and O–H groups in total. The molecule has 0 atom stereocenters. The second kappa shape index (κ2) is 11.8. The van der Waals surface area contributed by atoms with Crippen LogP contribution in [0.15, 0.2) is 18.2 Å². The van der Waals surface area contributed by atoms with Crippen LogP contribution in [0.2, 0.25) is 19.6 Å². The van der Waals surface area contributed by atoms with E-state index in [-0.39, 0.29) is 0 Å². The van der Waals surface area contributed by atoms with E-state index in [1.807, 2.05) is 0 Å². The fourth-order valence-electron chi connectivity index (χ4n) is 3.87. The van der Waals surface area contributed by atoms with E-state index in [4.69, 9.17) is 0 Å². The zero-order valence-corrected chi connectivity index (χ0v) is 24.3. The minimum absolute atomic E-state index is 0.493. The van der Waals surface area contributed by atoms with Gasteiger partial charge in [-0.1, -0.05) is 0 Å². The summed E-state index contributed by atoms with van der Waals surface area (Å²) in [4.78, 5) is 8.96. The summed E-state index contributed by atoms with van der Waals surface area (Å²) in [6.45, 7) is 27.0. The van der Waals surface area contributed by atoms with Gasteiger partial charge in [-0.15, -0.1) is 0 Å². The first kappa shape index (κ1) is 27.3. The topological polar surface area (TPSA) is 42.9 Å². The van der Waals surface area contributed by atoms with Crippen LogP contribution >= 0.6 is 0 Å². The summed E-state index contributed by atoms with van der Waals surface area (Å²) in [5.74, 6) is 0. The van der Waals surface area contributed by atoms with E-state index in [0.717, 1.165) is 17.3 Å². The van der Waals surface area contributed by atoms with Crippen LogP contribution in [0.3, 0.4) is 0 Å². The van der Waals surface area contributed by atoms with E-state index >= 15 is 0 Å². The van der Waals surface area contributed by atoms with Crippen molar-refractivity contribution in [3.8, 4) is 0 Å². The van der Waals surface area contributed by atoms with Gasteiger partial charge in [-0.25, -0.2) is 0 Å². The zero-order valence-electron chi connectivity index (χ0n) is 21.2. The third kappa shape index (κ3) is 7.76. The van der Waals surface area contributed by atoms with Crippen molar-refractivity contribution in [3.63, 3.8) is 0 Å². The fourth-order valence-corrected chi connectivity index (χ4v) is 9.52. The minimum atomic E-state index is -1.65. The average Bonchev–Trinajstić information content (AvgIpc) is 2.60. The van der Waals surface area contributed by atoms with Crippen LogP contribution in [0, 0.1) is 0 Å². The molecular weight excluding hydrogens is 445 g/mol. The molecule has 1 aromatic rings. The molecule has 0 heterocycles. The molecule has 0 aliphatic carbocycles. The molecule has 6 heteroatoms. The monoisotopic (exact) mass is 490 g/mol. The van der Waals surface area contributed by atoms with E-state index in [0.29, 0.717) is 24.2 Å². The van der Waals surface area contributed by atoms with Crippen molar-refractivity contribution in [1.82, 2.24) is 9.80 Å². The molecule has 0 saturated carbocycles. The predicted molar refractivity (Wildman–Crippen MR) is 135 cm³/mol. The first-order valence-electron chi connectivity index (χ1n) is 11.4. The Bertz CT molecular complexity index is 675. The van der Waals surface area contributed by atoms with Crippen molar-refractivity contribution >= 4 is 32.1 Å². The summed E-state index contributed by atoms with van der Waals surface area (Å²) >= 11 is -0.678. The van der Waals surface area contributed by atoms with Crippen LogP contribution in [0.5, 0.6) is 0 Å². The molecule has 30 heavy (non-hydrogen) atoms. The van der Waals surface area contributed by atoms with Gasteiger partial charge in [0.05, 0.1) is 0 Å². The molecule has 1 aromatic carbocycles. The number of hydrogen-bond acceptors (Lipinski definition) is 2. The van der Waals surface area contributed by atoms with Crippen molar-refractivity contribution in [2.45, 2.75) is 112 Å². The van der Waals surface area contributed by atoms with Gasteiger partial charge in [0, 0.05) is 0 Å². The third-order valence-electron chi connectivity index (χ3n) is 5.65. The maximum absolute atomic E-state index is 9.85. The van der Waals surface area contributed by atoms with Gasteiger partial charge >= 0.3 is 194 Å². The molecule has 1 rings (SSSR count). The molecule has 0 saturated heterocycles. The second-order valence-electron chi connectivity index (χ2n) is 10.5. The molecule has 0 amide bonds. The summed E-state index contributed by atoms with van der Waals surface area (Å²) in [6, 6.07) is 8.80. The van der Waals surface area contributed by atoms with Crippen LogP contribution in [0.4, 0.5) is 0 Å². The van der Waals surface area contributed by atoms with E-state index in [1.165, 1.54) is 15.5 Å². The molecule has 0 aliphatic rings. The van der Waals surface area contributed by atoms with E-state index in [2.05, 4.69) is 108 Å². The molecular formula is C24H44GeN4Si. The molecule has 0 aliphatic heterocycles. The van der Waals surface area contributed by atoms with Gasteiger partial charge in [0.15, 0.2) is 0 Å². The van der Waals surface area contributed by atoms with Crippen LogP contribution in [-0.4, -0.2) is 66.4 Å². The molecule has 4 nitrogen and oxygen atoms in total. The van der Waals surface area contributed by atoms with Crippen molar-refractivity contribution in [2.24, 2.45) is 0 Å². The quantitative estimate of drug-likeness (QED) is 0.195. The van der Waals surface area contributed by atoms with Gasteiger partial charge in [-0.05, 0) is 0 Å². The summed E-state index contributed by atoms with van der Waals surface area (Å²) in [5, 5.41) is 0. The molecule has 0 unspecified atom stereocenters. The van der Waals surface area contributed by atoms with Crippen molar-refractivity contribution < 1.29 is 4.79 Å². The summed E-state index contributed by atoms with van der Waals surface area (Å²) in [7, 11) is -1.65. The van der Waals surface area contributed by atoms with Crippen LogP contribution in [-0.2, 0) is 13.1 Å². The Balaban J connectivity index is 3.52. The molecule has 0 aromatic heterocycles. The molecule has 0 spiro atoms. The standard InChI is InChI=1S/C24H44GeN4Si/c1-17(2)28(18(3)4)15-21-13-12-14-22(16-29(19(5)6)20(7)8)23(21)25-24(27-26)30(9,10)11/h12-14,17-20H,15-16H2,1-11H3. The first-order valence-corrected chi connectivity index (χ1v) is 17.0. The predicted octanol–water partition coefficient (Wildman–Crippen LogP) is 4.76. The van der Waals surface area contributed by atoms with Crippen molar-refractivity contribution in [2.75, 3.05) is 0 Å². The summed E-state index contributed by atoms with van der Waals surface area (Å²) in [6.07, 6.45) is 0. The molecule has 2 radical (unpaired) electrons. The third-order valence-corrected chi connectivity index (χ3v) is 15.1. The van der Waals surface area contributed by atoms with Crippen LogP contribution < -0.4 is 4.40 Å². The van der Waals surface area contributed by atoms with Crippen LogP contribution in [0.25, 0.3) is 5.53 Å². The van der Waals surface area contributed by atoms with Crippen LogP contribution in [0.1, 0.15) is 66.5 Å². The van der Waals surface area contributed by atoms with Gasteiger partial charge in [0.1, 0.15) is 0 Å².